The number of carbonyl (C=O) groups is 1. The first-order chi connectivity index (χ1) is 13.5. The number of carbonyl (C=O) groups excluding carboxylic acids is 1. The Hall–Kier alpha value is -2.25. The van der Waals surface area contributed by atoms with Crippen LogP contribution in [0.2, 0.25) is 0 Å². The lowest BCUT2D eigenvalue weighted by Gasteiger charge is -2.43. The molecule has 0 bridgehead atoms. The van der Waals surface area contributed by atoms with Crippen molar-refractivity contribution in [3.05, 3.63) is 71.8 Å². The van der Waals surface area contributed by atoms with Crippen molar-refractivity contribution in [2.24, 2.45) is 0 Å². The van der Waals surface area contributed by atoms with Gasteiger partial charge in [0.1, 0.15) is 12.2 Å². The van der Waals surface area contributed by atoms with Gasteiger partial charge in [-0.3, -0.25) is 4.79 Å². The standard InChI is InChI=1S/C22H26O6/c1-15-19(25-13-17-9-5-3-6-10-17)20(21(22(24)27-15)28-16(2)23)26-14-18-11-7-4-8-12-18/h3-12,15,19-22,24H,13-14H2,1-2H3/t15-,19-,20+,21+,22+/m0/s1. The second kappa shape index (κ2) is 9.80. The molecule has 1 fully saturated rings. The molecule has 0 amide bonds. The summed E-state index contributed by atoms with van der Waals surface area (Å²) < 4.78 is 23.0. The molecule has 1 aliphatic heterocycles. The molecule has 1 aliphatic rings. The lowest BCUT2D eigenvalue weighted by molar-refractivity contribution is -0.300. The summed E-state index contributed by atoms with van der Waals surface area (Å²) in [6.45, 7) is 3.75. The van der Waals surface area contributed by atoms with Crippen LogP contribution in [-0.4, -0.2) is 41.8 Å². The molecule has 1 N–H and O–H groups in total. The van der Waals surface area contributed by atoms with E-state index in [2.05, 4.69) is 0 Å². The van der Waals surface area contributed by atoms with Crippen LogP contribution in [-0.2, 0) is 37.0 Å². The molecule has 0 aliphatic carbocycles. The van der Waals surface area contributed by atoms with E-state index in [-0.39, 0.29) is 0 Å². The Morgan fingerprint density at radius 2 is 1.39 bits per heavy atom. The van der Waals surface area contributed by atoms with Crippen LogP contribution in [0.15, 0.2) is 60.7 Å². The first-order valence-electron chi connectivity index (χ1n) is 9.36. The fourth-order valence-electron chi connectivity index (χ4n) is 3.26. The first-order valence-corrected chi connectivity index (χ1v) is 9.36. The first kappa shape index (κ1) is 20.5. The summed E-state index contributed by atoms with van der Waals surface area (Å²) in [6.07, 6.45) is -3.89. The lowest BCUT2D eigenvalue weighted by atomic mass is 9.98. The molecule has 0 spiro atoms. The summed E-state index contributed by atoms with van der Waals surface area (Å²) in [6, 6.07) is 19.4. The van der Waals surface area contributed by atoms with E-state index < -0.39 is 36.7 Å². The Morgan fingerprint density at radius 3 is 1.89 bits per heavy atom. The summed E-state index contributed by atoms with van der Waals surface area (Å²) >= 11 is 0. The quantitative estimate of drug-likeness (QED) is 0.738. The van der Waals surface area contributed by atoms with Crippen LogP contribution < -0.4 is 0 Å². The van der Waals surface area contributed by atoms with E-state index in [1.54, 1.807) is 0 Å². The van der Waals surface area contributed by atoms with Gasteiger partial charge in [0.05, 0.1) is 19.3 Å². The summed E-state index contributed by atoms with van der Waals surface area (Å²) in [5.74, 6) is -0.516. The zero-order chi connectivity index (χ0) is 19.9. The van der Waals surface area contributed by atoms with Crippen molar-refractivity contribution in [1.82, 2.24) is 0 Å². The van der Waals surface area contributed by atoms with E-state index in [0.717, 1.165) is 11.1 Å². The molecule has 2 aromatic carbocycles. The Balaban J connectivity index is 1.76. The normalized spacial score (nSPS) is 27.3. The number of benzene rings is 2. The fourth-order valence-corrected chi connectivity index (χ4v) is 3.26. The van der Waals surface area contributed by atoms with Gasteiger partial charge in [-0.25, -0.2) is 0 Å². The molecule has 0 unspecified atom stereocenters. The van der Waals surface area contributed by atoms with Gasteiger partial charge in [0.15, 0.2) is 12.4 Å². The third kappa shape index (κ3) is 5.39. The smallest absolute Gasteiger partial charge is 0.303 e. The molecule has 0 aromatic heterocycles. The maximum absolute atomic E-state index is 11.6. The number of ether oxygens (including phenoxy) is 4. The third-order valence-electron chi connectivity index (χ3n) is 4.62. The molecule has 5 atom stereocenters. The molecule has 2 aromatic rings. The molecule has 28 heavy (non-hydrogen) atoms. The van der Waals surface area contributed by atoms with Gasteiger partial charge in [0.2, 0.25) is 0 Å². The van der Waals surface area contributed by atoms with Gasteiger partial charge in [-0.05, 0) is 18.1 Å². The highest BCUT2D eigenvalue weighted by Crippen LogP contribution is 2.28. The van der Waals surface area contributed by atoms with Crippen LogP contribution in [0, 0.1) is 0 Å². The highest BCUT2D eigenvalue weighted by molar-refractivity contribution is 5.66. The summed E-state index contributed by atoms with van der Waals surface area (Å²) in [4.78, 5) is 11.6. The van der Waals surface area contributed by atoms with E-state index in [1.165, 1.54) is 6.92 Å². The molecular weight excluding hydrogens is 360 g/mol. The number of hydrogen-bond acceptors (Lipinski definition) is 6. The highest BCUT2D eigenvalue weighted by atomic mass is 16.7. The Morgan fingerprint density at radius 1 is 0.893 bits per heavy atom. The molecule has 6 heteroatoms. The molecule has 150 valence electrons. The summed E-state index contributed by atoms with van der Waals surface area (Å²) in [5, 5.41) is 10.3. The van der Waals surface area contributed by atoms with Crippen LogP contribution in [0.1, 0.15) is 25.0 Å². The van der Waals surface area contributed by atoms with Gasteiger partial charge in [0.25, 0.3) is 0 Å². The molecule has 1 heterocycles. The Labute approximate surface area is 165 Å². The maximum Gasteiger partial charge on any atom is 0.303 e. The van der Waals surface area contributed by atoms with Crippen LogP contribution in [0.3, 0.4) is 0 Å². The number of esters is 1. The van der Waals surface area contributed by atoms with E-state index in [9.17, 15) is 9.90 Å². The minimum atomic E-state index is -1.28. The van der Waals surface area contributed by atoms with Crippen molar-refractivity contribution in [1.29, 1.82) is 0 Å². The van der Waals surface area contributed by atoms with Gasteiger partial charge in [0, 0.05) is 6.92 Å². The molecule has 3 rings (SSSR count). The Bertz CT molecular complexity index is 735. The lowest BCUT2D eigenvalue weighted by Crippen LogP contribution is -2.59. The minimum Gasteiger partial charge on any atom is -0.454 e. The SMILES string of the molecule is CC(=O)O[C@@H]1[C@H](OCc2ccccc2)[C@@H](OCc2ccccc2)[C@H](C)O[C@H]1O. The predicted octanol–water partition coefficient (Wildman–Crippen LogP) is 2.83. The Kier molecular flexibility index (Phi) is 7.17. The van der Waals surface area contributed by atoms with Crippen molar-refractivity contribution < 1.29 is 28.8 Å². The molecule has 6 nitrogen and oxygen atoms in total. The average Bonchev–Trinajstić information content (AvgIpc) is 2.69. The van der Waals surface area contributed by atoms with Crippen molar-refractivity contribution in [2.75, 3.05) is 0 Å². The van der Waals surface area contributed by atoms with Gasteiger partial charge in [-0.1, -0.05) is 60.7 Å². The van der Waals surface area contributed by atoms with Crippen molar-refractivity contribution >= 4 is 5.97 Å². The van der Waals surface area contributed by atoms with Crippen molar-refractivity contribution in [3.63, 3.8) is 0 Å². The van der Waals surface area contributed by atoms with E-state index in [0.29, 0.717) is 13.2 Å². The van der Waals surface area contributed by atoms with E-state index in [4.69, 9.17) is 18.9 Å². The second-order valence-corrected chi connectivity index (χ2v) is 6.83. The van der Waals surface area contributed by atoms with E-state index in [1.807, 2.05) is 67.6 Å². The largest absolute Gasteiger partial charge is 0.454 e. The van der Waals surface area contributed by atoms with E-state index >= 15 is 0 Å². The number of aliphatic hydroxyl groups is 1. The maximum atomic E-state index is 11.6. The summed E-state index contributed by atoms with van der Waals surface area (Å²) in [7, 11) is 0. The molecule has 1 saturated heterocycles. The minimum absolute atomic E-state index is 0.300. The molecular formula is C22H26O6. The van der Waals surface area contributed by atoms with Crippen LogP contribution >= 0.6 is 0 Å². The highest BCUT2D eigenvalue weighted by Gasteiger charge is 2.47. The second-order valence-electron chi connectivity index (χ2n) is 6.83. The van der Waals surface area contributed by atoms with Crippen LogP contribution in [0.4, 0.5) is 0 Å². The van der Waals surface area contributed by atoms with Crippen LogP contribution in [0.5, 0.6) is 0 Å². The van der Waals surface area contributed by atoms with Gasteiger partial charge in [-0.2, -0.15) is 0 Å². The van der Waals surface area contributed by atoms with Gasteiger partial charge in [-0.15, -0.1) is 0 Å². The predicted molar refractivity (Wildman–Crippen MR) is 102 cm³/mol. The molecule has 0 radical (unpaired) electrons. The summed E-state index contributed by atoms with van der Waals surface area (Å²) in [5.41, 5.74) is 1.98. The fraction of sp³-hybridized carbons (Fsp3) is 0.409. The van der Waals surface area contributed by atoms with Crippen LogP contribution in [0.25, 0.3) is 0 Å². The van der Waals surface area contributed by atoms with Crippen molar-refractivity contribution in [2.45, 2.75) is 57.8 Å². The number of rotatable bonds is 7. The van der Waals surface area contributed by atoms with Crippen molar-refractivity contribution in [3.8, 4) is 0 Å². The topological polar surface area (TPSA) is 74.2 Å². The van der Waals surface area contributed by atoms with Gasteiger partial charge >= 0.3 is 5.97 Å². The zero-order valence-electron chi connectivity index (χ0n) is 16.1. The average molecular weight is 386 g/mol. The number of aliphatic hydroxyl groups excluding tert-OH is 1. The third-order valence-corrected chi connectivity index (χ3v) is 4.62. The van der Waals surface area contributed by atoms with Gasteiger partial charge < -0.3 is 24.1 Å². The zero-order valence-corrected chi connectivity index (χ0v) is 16.1. The monoisotopic (exact) mass is 386 g/mol. The number of hydrogen-bond donors (Lipinski definition) is 1. The molecule has 0 saturated carbocycles.